The van der Waals surface area contributed by atoms with Gasteiger partial charge in [0.25, 0.3) is 0 Å². The highest BCUT2D eigenvalue weighted by Crippen LogP contribution is 2.16. The van der Waals surface area contributed by atoms with Gasteiger partial charge in [-0.05, 0) is 31.3 Å². The molecule has 3 rings (SSSR count). The molecule has 1 fully saturated rings. The van der Waals surface area contributed by atoms with Crippen molar-refractivity contribution in [2.75, 3.05) is 44.7 Å². The van der Waals surface area contributed by atoms with Crippen LogP contribution in [0.3, 0.4) is 0 Å². The molecule has 24 heavy (non-hydrogen) atoms. The molecule has 1 aliphatic rings. The zero-order chi connectivity index (χ0) is 16.8. The fourth-order valence-electron chi connectivity index (χ4n) is 2.78. The number of hydrogen-bond acceptors (Lipinski definition) is 5. The van der Waals surface area contributed by atoms with Gasteiger partial charge in [-0.1, -0.05) is 12.6 Å². The average Bonchev–Trinajstić information content (AvgIpc) is 2.63. The van der Waals surface area contributed by atoms with Gasteiger partial charge in [0.05, 0.1) is 0 Å². The second-order valence-corrected chi connectivity index (χ2v) is 6.17. The molecule has 5 heteroatoms. The standard InChI is InChI=1S/C19H25N5/c1-16(20-10-8-18-5-3-4-9-21-18)17-6-7-19(22-15-17)24-13-11-23(2)12-14-24/h3-7,9,15,20H,1,8,10-14H2,2H3. The Balaban J connectivity index is 1.50. The van der Waals surface area contributed by atoms with Crippen molar-refractivity contribution in [2.45, 2.75) is 6.42 Å². The smallest absolute Gasteiger partial charge is 0.128 e. The summed E-state index contributed by atoms with van der Waals surface area (Å²) >= 11 is 0. The summed E-state index contributed by atoms with van der Waals surface area (Å²) < 4.78 is 0. The van der Waals surface area contributed by atoms with Crippen molar-refractivity contribution in [1.29, 1.82) is 0 Å². The summed E-state index contributed by atoms with van der Waals surface area (Å²) in [5.74, 6) is 1.05. The highest BCUT2D eigenvalue weighted by atomic mass is 15.3. The number of anilines is 1. The molecule has 0 bridgehead atoms. The monoisotopic (exact) mass is 323 g/mol. The highest BCUT2D eigenvalue weighted by Gasteiger charge is 2.15. The Morgan fingerprint density at radius 1 is 1.12 bits per heavy atom. The fourth-order valence-corrected chi connectivity index (χ4v) is 2.78. The van der Waals surface area contributed by atoms with Crippen LogP contribution in [0, 0.1) is 0 Å². The van der Waals surface area contributed by atoms with E-state index >= 15 is 0 Å². The van der Waals surface area contributed by atoms with Crippen molar-refractivity contribution >= 4 is 11.5 Å². The fraction of sp³-hybridized carbons (Fsp3) is 0.368. The second-order valence-electron chi connectivity index (χ2n) is 6.17. The van der Waals surface area contributed by atoms with E-state index in [0.717, 1.165) is 61.9 Å². The van der Waals surface area contributed by atoms with Gasteiger partial charge in [-0.2, -0.15) is 0 Å². The lowest BCUT2D eigenvalue weighted by atomic mass is 10.2. The largest absolute Gasteiger partial charge is 0.385 e. The summed E-state index contributed by atoms with van der Waals surface area (Å²) in [4.78, 5) is 13.6. The van der Waals surface area contributed by atoms with E-state index in [1.54, 1.807) is 0 Å². The Labute approximate surface area is 144 Å². The molecule has 2 aromatic rings. The van der Waals surface area contributed by atoms with E-state index in [9.17, 15) is 0 Å². The predicted octanol–water partition coefficient (Wildman–Crippen LogP) is 2.03. The molecule has 0 atom stereocenters. The molecule has 0 aliphatic carbocycles. The van der Waals surface area contributed by atoms with Gasteiger partial charge >= 0.3 is 0 Å². The first-order chi connectivity index (χ1) is 11.7. The number of piperazine rings is 1. The second kappa shape index (κ2) is 7.93. The Bertz CT molecular complexity index is 645. The number of aromatic nitrogens is 2. The summed E-state index contributed by atoms with van der Waals surface area (Å²) in [6, 6.07) is 10.2. The molecule has 2 aromatic heterocycles. The molecular formula is C19H25N5. The molecule has 0 saturated carbocycles. The van der Waals surface area contributed by atoms with Gasteiger partial charge in [0.2, 0.25) is 0 Å². The zero-order valence-electron chi connectivity index (χ0n) is 14.3. The molecule has 0 aromatic carbocycles. The molecule has 1 aliphatic heterocycles. The lowest BCUT2D eigenvalue weighted by molar-refractivity contribution is 0.312. The summed E-state index contributed by atoms with van der Waals surface area (Å²) in [5.41, 5.74) is 3.03. The van der Waals surface area contributed by atoms with Crippen molar-refractivity contribution in [1.82, 2.24) is 20.2 Å². The SMILES string of the molecule is C=C(NCCc1ccccn1)c1ccc(N2CCN(C)CC2)nc1. The van der Waals surface area contributed by atoms with Crippen LogP contribution in [0.5, 0.6) is 0 Å². The maximum Gasteiger partial charge on any atom is 0.128 e. The molecular weight excluding hydrogens is 298 g/mol. The van der Waals surface area contributed by atoms with Crippen LogP contribution in [0.1, 0.15) is 11.3 Å². The van der Waals surface area contributed by atoms with E-state index in [4.69, 9.17) is 0 Å². The van der Waals surface area contributed by atoms with Gasteiger partial charge in [0, 0.05) is 68.5 Å². The van der Waals surface area contributed by atoms with Crippen molar-refractivity contribution in [2.24, 2.45) is 0 Å². The van der Waals surface area contributed by atoms with Gasteiger partial charge in [-0.15, -0.1) is 0 Å². The quantitative estimate of drug-likeness (QED) is 0.881. The minimum Gasteiger partial charge on any atom is -0.385 e. The number of nitrogens with one attached hydrogen (secondary N) is 1. The van der Waals surface area contributed by atoms with Crippen molar-refractivity contribution in [3.05, 3.63) is 60.6 Å². The maximum atomic E-state index is 4.61. The first-order valence-electron chi connectivity index (χ1n) is 8.45. The number of likely N-dealkylation sites (N-methyl/N-ethyl adjacent to an activating group) is 1. The predicted molar refractivity (Wildman–Crippen MR) is 98.9 cm³/mol. The maximum absolute atomic E-state index is 4.61. The Kier molecular flexibility index (Phi) is 5.43. The van der Waals surface area contributed by atoms with E-state index in [1.165, 1.54) is 0 Å². The van der Waals surface area contributed by atoms with Crippen LogP contribution < -0.4 is 10.2 Å². The summed E-state index contributed by atoms with van der Waals surface area (Å²) in [6.45, 7) is 9.18. The van der Waals surface area contributed by atoms with Crippen LogP contribution in [0.2, 0.25) is 0 Å². The molecule has 1 saturated heterocycles. The summed E-state index contributed by atoms with van der Waals surface area (Å²) in [5, 5.41) is 3.36. The lowest BCUT2D eigenvalue weighted by Crippen LogP contribution is -2.44. The van der Waals surface area contributed by atoms with E-state index in [1.807, 2.05) is 30.6 Å². The third-order valence-corrected chi connectivity index (χ3v) is 4.37. The lowest BCUT2D eigenvalue weighted by Gasteiger charge is -2.33. The summed E-state index contributed by atoms with van der Waals surface area (Å²) in [6.07, 6.45) is 4.61. The van der Waals surface area contributed by atoms with Gasteiger partial charge in [0.15, 0.2) is 0 Å². The topological polar surface area (TPSA) is 44.3 Å². The normalized spacial score (nSPS) is 15.3. The minimum absolute atomic E-state index is 0.816. The molecule has 126 valence electrons. The van der Waals surface area contributed by atoms with Crippen LogP contribution in [-0.2, 0) is 6.42 Å². The Hall–Kier alpha value is -2.40. The first kappa shape index (κ1) is 16.5. The molecule has 0 spiro atoms. The molecule has 3 heterocycles. The third-order valence-electron chi connectivity index (χ3n) is 4.37. The van der Waals surface area contributed by atoms with Crippen molar-refractivity contribution < 1.29 is 0 Å². The van der Waals surface area contributed by atoms with E-state index in [0.29, 0.717) is 0 Å². The highest BCUT2D eigenvalue weighted by molar-refractivity contribution is 5.62. The van der Waals surface area contributed by atoms with Crippen LogP contribution in [-0.4, -0.2) is 54.6 Å². The number of pyridine rings is 2. The number of rotatable bonds is 6. The van der Waals surface area contributed by atoms with Crippen LogP contribution in [0.25, 0.3) is 5.70 Å². The molecule has 5 nitrogen and oxygen atoms in total. The molecule has 0 unspecified atom stereocenters. The molecule has 1 N–H and O–H groups in total. The van der Waals surface area contributed by atoms with E-state index < -0.39 is 0 Å². The van der Waals surface area contributed by atoms with Crippen LogP contribution >= 0.6 is 0 Å². The van der Waals surface area contributed by atoms with Crippen LogP contribution in [0.15, 0.2) is 49.3 Å². The molecule has 0 radical (unpaired) electrons. The zero-order valence-corrected chi connectivity index (χ0v) is 14.3. The first-order valence-corrected chi connectivity index (χ1v) is 8.45. The van der Waals surface area contributed by atoms with Crippen LogP contribution in [0.4, 0.5) is 5.82 Å². The summed E-state index contributed by atoms with van der Waals surface area (Å²) in [7, 11) is 2.16. The van der Waals surface area contributed by atoms with Gasteiger partial charge in [-0.25, -0.2) is 4.98 Å². The molecule has 0 amide bonds. The van der Waals surface area contributed by atoms with Gasteiger partial charge < -0.3 is 15.1 Å². The average molecular weight is 323 g/mol. The van der Waals surface area contributed by atoms with E-state index in [-0.39, 0.29) is 0 Å². The Morgan fingerprint density at radius 2 is 1.96 bits per heavy atom. The van der Waals surface area contributed by atoms with Crippen molar-refractivity contribution in [3.8, 4) is 0 Å². The third kappa shape index (κ3) is 4.32. The minimum atomic E-state index is 0.816. The van der Waals surface area contributed by atoms with Gasteiger partial charge in [-0.3, -0.25) is 4.98 Å². The number of hydrogen-bond donors (Lipinski definition) is 1. The Morgan fingerprint density at radius 3 is 2.62 bits per heavy atom. The number of nitrogens with zero attached hydrogens (tertiary/aromatic N) is 4. The van der Waals surface area contributed by atoms with Gasteiger partial charge in [0.1, 0.15) is 5.82 Å². The van der Waals surface area contributed by atoms with E-state index in [2.05, 4.69) is 50.8 Å². The van der Waals surface area contributed by atoms with Crippen molar-refractivity contribution in [3.63, 3.8) is 0 Å².